The van der Waals surface area contributed by atoms with Crippen molar-refractivity contribution < 1.29 is 5.11 Å². The van der Waals surface area contributed by atoms with Crippen molar-refractivity contribution in [3.05, 3.63) is 35.5 Å². The number of thiazole rings is 1. The second kappa shape index (κ2) is 7.11. The Bertz CT molecular complexity index is 558. The van der Waals surface area contributed by atoms with Crippen LogP contribution in [0, 0.1) is 0 Å². The number of hydrogen-bond acceptors (Lipinski definition) is 5. The van der Waals surface area contributed by atoms with Crippen molar-refractivity contribution in [1.82, 2.24) is 14.9 Å². The first-order valence-electron chi connectivity index (χ1n) is 7.58. The summed E-state index contributed by atoms with van der Waals surface area (Å²) in [4.78, 5) is 12.7. The quantitative estimate of drug-likeness (QED) is 0.891. The van der Waals surface area contributed by atoms with Crippen LogP contribution < -0.4 is 0 Å². The smallest absolute Gasteiger partial charge is 0.142 e. The number of aliphatic hydroxyl groups is 1. The molecule has 1 atom stereocenters. The molecule has 0 saturated carbocycles. The van der Waals surface area contributed by atoms with Crippen molar-refractivity contribution in [2.45, 2.75) is 38.3 Å². The number of aromatic nitrogens is 2. The molecule has 1 unspecified atom stereocenters. The SMILES string of the molecule is OCCCC1CCCN1Cc1cnc(-c2ccccn2)s1. The third-order valence-electron chi connectivity index (χ3n) is 3.99. The van der Waals surface area contributed by atoms with E-state index in [1.165, 1.54) is 17.7 Å². The number of pyridine rings is 1. The predicted octanol–water partition coefficient (Wildman–Crippen LogP) is 2.94. The number of rotatable bonds is 6. The zero-order valence-corrected chi connectivity index (χ0v) is 12.9. The molecule has 1 N–H and O–H groups in total. The Balaban J connectivity index is 1.64. The summed E-state index contributed by atoms with van der Waals surface area (Å²) >= 11 is 1.73. The lowest BCUT2D eigenvalue weighted by Crippen LogP contribution is -2.28. The highest BCUT2D eigenvalue weighted by atomic mass is 32.1. The van der Waals surface area contributed by atoms with Crippen LogP contribution in [0.25, 0.3) is 10.7 Å². The second-order valence-corrected chi connectivity index (χ2v) is 6.59. The van der Waals surface area contributed by atoms with E-state index in [0.717, 1.165) is 36.6 Å². The minimum Gasteiger partial charge on any atom is -0.396 e. The molecule has 1 aliphatic rings. The van der Waals surface area contributed by atoms with Crippen molar-refractivity contribution in [3.8, 4) is 10.7 Å². The topological polar surface area (TPSA) is 49.2 Å². The number of likely N-dealkylation sites (tertiary alicyclic amines) is 1. The highest BCUT2D eigenvalue weighted by Gasteiger charge is 2.24. The van der Waals surface area contributed by atoms with Gasteiger partial charge in [0, 0.05) is 36.5 Å². The molecule has 1 fully saturated rings. The average Bonchev–Trinajstić information content (AvgIpc) is 3.16. The van der Waals surface area contributed by atoms with Crippen molar-refractivity contribution in [2.75, 3.05) is 13.2 Å². The largest absolute Gasteiger partial charge is 0.396 e. The Hall–Kier alpha value is -1.30. The molecule has 3 heterocycles. The molecule has 1 saturated heterocycles. The number of aliphatic hydroxyl groups excluding tert-OH is 1. The molecule has 0 aliphatic carbocycles. The van der Waals surface area contributed by atoms with Crippen LogP contribution in [0.1, 0.15) is 30.6 Å². The van der Waals surface area contributed by atoms with E-state index in [0.29, 0.717) is 12.6 Å². The summed E-state index contributed by atoms with van der Waals surface area (Å²) in [5.41, 5.74) is 0.951. The van der Waals surface area contributed by atoms with Crippen LogP contribution in [0.3, 0.4) is 0 Å². The summed E-state index contributed by atoms with van der Waals surface area (Å²) in [5.74, 6) is 0. The van der Waals surface area contributed by atoms with Gasteiger partial charge in [0.2, 0.25) is 0 Å². The molecule has 0 bridgehead atoms. The Labute approximate surface area is 129 Å². The summed E-state index contributed by atoms with van der Waals surface area (Å²) in [6, 6.07) is 6.54. The predicted molar refractivity (Wildman–Crippen MR) is 85.1 cm³/mol. The van der Waals surface area contributed by atoms with Crippen LogP contribution in [0.15, 0.2) is 30.6 Å². The summed E-state index contributed by atoms with van der Waals surface area (Å²) in [5, 5.41) is 10.00. The maximum atomic E-state index is 9.00. The summed E-state index contributed by atoms with van der Waals surface area (Å²) in [6.45, 7) is 2.43. The molecule has 5 heteroatoms. The van der Waals surface area contributed by atoms with Crippen molar-refractivity contribution in [1.29, 1.82) is 0 Å². The molecule has 0 spiro atoms. The lowest BCUT2D eigenvalue weighted by Gasteiger charge is -2.23. The van der Waals surface area contributed by atoms with Crippen LogP contribution in [0.2, 0.25) is 0 Å². The zero-order valence-electron chi connectivity index (χ0n) is 12.1. The molecule has 2 aromatic heterocycles. The van der Waals surface area contributed by atoms with Crippen molar-refractivity contribution in [3.63, 3.8) is 0 Å². The van der Waals surface area contributed by atoms with Crippen LogP contribution >= 0.6 is 11.3 Å². The van der Waals surface area contributed by atoms with Gasteiger partial charge < -0.3 is 5.11 Å². The molecule has 112 valence electrons. The molecule has 3 rings (SSSR count). The maximum Gasteiger partial charge on any atom is 0.142 e. The standard InChI is InChI=1S/C16H21N3OS/c20-10-4-6-13-5-3-9-19(13)12-14-11-18-16(21-14)15-7-1-2-8-17-15/h1-2,7-8,11,13,20H,3-6,9-10,12H2. The van der Waals surface area contributed by atoms with E-state index in [1.54, 1.807) is 11.3 Å². The van der Waals surface area contributed by atoms with Crippen LogP contribution in [-0.4, -0.2) is 39.2 Å². The molecule has 0 amide bonds. The summed E-state index contributed by atoms with van der Waals surface area (Å²) < 4.78 is 0. The third kappa shape index (κ3) is 3.67. The van der Waals surface area contributed by atoms with Crippen molar-refractivity contribution >= 4 is 11.3 Å². The Morgan fingerprint density at radius 2 is 2.29 bits per heavy atom. The highest BCUT2D eigenvalue weighted by Crippen LogP contribution is 2.28. The van der Waals surface area contributed by atoms with E-state index >= 15 is 0 Å². The van der Waals surface area contributed by atoms with Gasteiger partial charge in [0.1, 0.15) is 5.01 Å². The molecule has 4 nitrogen and oxygen atoms in total. The normalized spacial score (nSPS) is 19.2. The molecular weight excluding hydrogens is 282 g/mol. The third-order valence-corrected chi connectivity index (χ3v) is 5.00. The van der Waals surface area contributed by atoms with Gasteiger partial charge in [0.05, 0.1) is 5.69 Å². The van der Waals surface area contributed by atoms with E-state index in [2.05, 4.69) is 14.9 Å². The van der Waals surface area contributed by atoms with E-state index in [1.807, 2.05) is 30.6 Å². The fourth-order valence-corrected chi connectivity index (χ4v) is 3.86. The van der Waals surface area contributed by atoms with Gasteiger partial charge in [0.25, 0.3) is 0 Å². The lowest BCUT2D eigenvalue weighted by molar-refractivity contribution is 0.211. The van der Waals surface area contributed by atoms with Gasteiger partial charge in [-0.3, -0.25) is 9.88 Å². The van der Waals surface area contributed by atoms with E-state index in [-0.39, 0.29) is 0 Å². The Kier molecular flexibility index (Phi) is 4.95. The number of nitrogens with zero attached hydrogens (tertiary/aromatic N) is 3. The van der Waals surface area contributed by atoms with Gasteiger partial charge in [0.15, 0.2) is 0 Å². The summed E-state index contributed by atoms with van der Waals surface area (Å²) in [7, 11) is 0. The Morgan fingerprint density at radius 1 is 1.33 bits per heavy atom. The van der Waals surface area contributed by atoms with E-state index in [9.17, 15) is 0 Å². The zero-order chi connectivity index (χ0) is 14.5. The molecule has 1 aliphatic heterocycles. The number of hydrogen-bond donors (Lipinski definition) is 1. The van der Waals surface area contributed by atoms with Gasteiger partial charge in [-0.15, -0.1) is 11.3 Å². The van der Waals surface area contributed by atoms with Gasteiger partial charge in [-0.25, -0.2) is 4.98 Å². The maximum absolute atomic E-state index is 9.00. The van der Waals surface area contributed by atoms with E-state index < -0.39 is 0 Å². The minimum atomic E-state index is 0.300. The molecule has 0 aromatic carbocycles. The van der Waals surface area contributed by atoms with Crippen LogP contribution in [0.5, 0.6) is 0 Å². The van der Waals surface area contributed by atoms with Crippen LogP contribution in [0.4, 0.5) is 0 Å². The Morgan fingerprint density at radius 3 is 3.10 bits per heavy atom. The fraction of sp³-hybridized carbons (Fsp3) is 0.500. The van der Waals surface area contributed by atoms with Crippen LogP contribution in [-0.2, 0) is 6.54 Å². The molecule has 2 aromatic rings. The first kappa shape index (κ1) is 14.6. The molecule has 0 radical (unpaired) electrons. The monoisotopic (exact) mass is 303 g/mol. The van der Waals surface area contributed by atoms with Gasteiger partial charge in [-0.1, -0.05) is 6.07 Å². The molecule has 21 heavy (non-hydrogen) atoms. The second-order valence-electron chi connectivity index (χ2n) is 5.48. The van der Waals surface area contributed by atoms with Gasteiger partial charge in [-0.05, 0) is 44.4 Å². The van der Waals surface area contributed by atoms with Gasteiger partial charge >= 0.3 is 0 Å². The summed E-state index contributed by atoms with van der Waals surface area (Å²) in [6.07, 6.45) is 8.32. The van der Waals surface area contributed by atoms with Crippen molar-refractivity contribution in [2.24, 2.45) is 0 Å². The van der Waals surface area contributed by atoms with Gasteiger partial charge in [-0.2, -0.15) is 0 Å². The fourth-order valence-electron chi connectivity index (χ4n) is 2.95. The van der Waals surface area contributed by atoms with E-state index in [4.69, 9.17) is 5.11 Å². The first-order valence-corrected chi connectivity index (χ1v) is 8.39. The minimum absolute atomic E-state index is 0.300. The lowest BCUT2D eigenvalue weighted by atomic mass is 10.1. The average molecular weight is 303 g/mol. The highest BCUT2D eigenvalue weighted by molar-refractivity contribution is 7.14. The molecular formula is C16H21N3OS. The first-order chi connectivity index (χ1) is 10.4.